The number of benzene rings is 1. The Kier molecular flexibility index (Phi) is 3.17. The average Bonchev–Trinajstić information content (AvgIpc) is 3.15. The Hall–Kier alpha value is -2.70. The summed E-state index contributed by atoms with van der Waals surface area (Å²) in [5.41, 5.74) is 1.45. The number of carboxylic acid groups (broad SMARTS) is 1. The van der Waals surface area contributed by atoms with Crippen LogP contribution in [0.15, 0.2) is 30.6 Å². The van der Waals surface area contributed by atoms with Crippen LogP contribution in [0.2, 0.25) is 0 Å². The summed E-state index contributed by atoms with van der Waals surface area (Å²) < 4.78 is 1.78. The normalized spacial score (nSPS) is 20.0. The molecule has 2 aromatic rings. The molecule has 1 amide bonds. The summed E-state index contributed by atoms with van der Waals surface area (Å²) in [4.78, 5) is 22.7. The minimum atomic E-state index is -0.914. The highest BCUT2D eigenvalue weighted by Gasteiger charge is 2.48. The molecule has 1 aromatic carbocycles. The molecule has 1 fully saturated rings. The molecule has 1 heterocycles. The van der Waals surface area contributed by atoms with Gasteiger partial charge in [-0.25, -0.2) is 0 Å². The van der Waals surface area contributed by atoms with Gasteiger partial charge in [-0.05, 0) is 18.6 Å². The predicted molar refractivity (Wildman–Crippen MR) is 74.3 cm³/mol. The van der Waals surface area contributed by atoms with E-state index in [1.165, 1.54) is 0 Å². The number of nitrogens with zero attached hydrogens (tertiary/aromatic N) is 3. The third kappa shape index (κ3) is 2.62. The summed E-state index contributed by atoms with van der Waals surface area (Å²) in [6.07, 6.45) is 2.01. The summed E-state index contributed by atoms with van der Waals surface area (Å²) in [7, 11) is 1.84. The summed E-state index contributed by atoms with van der Waals surface area (Å²) >= 11 is 0. The fourth-order valence-electron chi connectivity index (χ4n) is 2.27. The second kappa shape index (κ2) is 5.01. The molecule has 7 nitrogen and oxygen atoms in total. The van der Waals surface area contributed by atoms with E-state index in [1.807, 2.05) is 13.1 Å². The lowest BCUT2D eigenvalue weighted by Gasteiger charge is -2.06. The van der Waals surface area contributed by atoms with Crippen LogP contribution >= 0.6 is 0 Å². The zero-order valence-corrected chi connectivity index (χ0v) is 11.4. The first-order valence-corrected chi connectivity index (χ1v) is 6.54. The van der Waals surface area contributed by atoms with Crippen molar-refractivity contribution in [3.8, 4) is 11.4 Å². The van der Waals surface area contributed by atoms with Crippen LogP contribution in [0.5, 0.6) is 0 Å². The van der Waals surface area contributed by atoms with Crippen molar-refractivity contribution < 1.29 is 14.7 Å². The van der Waals surface area contributed by atoms with Gasteiger partial charge in [-0.1, -0.05) is 12.1 Å². The number of carbonyl (C=O) groups is 2. The van der Waals surface area contributed by atoms with Gasteiger partial charge in [0.1, 0.15) is 6.33 Å². The van der Waals surface area contributed by atoms with Crippen molar-refractivity contribution in [3.05, 3.63) is 30.6 Å². The minimum Gasteiger partial charge on any atom is -0.481 e. The Morgan fingerprint density at radius 3 is 2.81 bits per heavy atom. The predicted octanol–water partition coefficient (Wildman–Crippen LogP) is 1.14. The van der Waals surface area contributed by atoms with Gasteiger partial charge in [-0.3, -0.25) is 9.59 Å². The van der Waals surface area contributed by atoms with Crippen LogP contribution in [0.3, 0.4) is 0 Å². The monoisotopic (exact) mass is 286 g/mol. The molecule has 0 unspecified atom stereocenters. The minimum absolute atomic E-state index is 0.252. The number of amides is 1. The molecule has 7 heteroatoms. The highest BCUT2D eigenvalue weighted by molar-refractivity contribution is 5.98. The molecule has 0 aliphatic heterocycles. The number of anilines is 1. The fraction of sp³-hybridized carbons (Fsp3) is 0.286. The lowest BCUT2D eigenvalue weighted by Crippen LogP contribution is -2.16. The van der Waals surface area contributed by atoms with Crippen molar-refractivity contribution >= 4 is 17.6 Å². The first kappa shape index (κ1) is 13.3. The first-order chi connectivity index (χ1) is 10.1. The van der Waals surface area contributed by atoms with Gasteiger partial charge in [0.05, 0.1) is 11.8 Å². The van der Waals surface area contributed by atoms with Crippen LogP contribution in [-0.4, -0.2) is 31.7 Å². The molecule has 2 atom stereocenters. The molecule has 108 valence electrons. The van der Waals surface area contributed by atoms with Crippen molar-refractivity contribution in [1.29, 1.82) is 0 Å². The maximum Gasteiger partial charge on any atom is 0.307 e. The van der Waals surface area contributed by atoms with Crippen LogP contribution in [0.4, 0.5) is 5.69 Å². The molecule has 0 bridgehead atoms. The van der Waals surface area contributed by atoms with E-state index in [0.717, 1.165) is 5.56 Å². The number of hydrogen-bond donors (Lipinski definition) is 2. The average molecular weight is 286 g/mol. The van der Waals surface area contributed by atoms with E-state index in [4.69, 9.17) is 5.11 Å². The third-order valence-corrected chi connectivity index (χ3v) is 3.54. The van der Waals surface area contributed by atoms with Crippen molar-refractivity contribution in [2.45, 2.75) is 6.42 Å². The van der Waals surface area contributed by atoms with E-state index in [1.54, 1.807) is 29.1 Å². The standard InChI is InChI=1S/C14H14N4O3/c1-18-7-15-17-12(18)8-3-2-4-9(5-8)16-13(19)10-6-11(10)14(20)21/h2-5,7,10-11H,6H2,1H3,(H,16,19)(H,20,21)/t10-,11+/m1/s1. The van der Waals surface area contributed by atoms with Crippen LogP contribution in [0.1, 0.15) is 6.42 Å². The van der Waals surface area contributed by atoms with Crippen molar-refractivity contribution in [2.75, 3.05) is 5.32 Å². The molecule has 1 aliphatic rings. The lowest BCUT2D eigenvalue weighted by atomic mass is 10.2. The number of carbonyl (C=O) groups excluding carboxylic acids is 1. The zero-order valence-electron chi connectivity index (χ0n) is 11.4. The van der Waals surface area contributed by atoms with Gasteiger partial charge in [-0.2, -0.15) is 0 Å². The molecule has 0 saturated heterocycles. The van der Waals surface area contributed by atoms with Crippen molar-refractivity contribution in [1.82, 2.24) is 14.8 Å². The summed E-state index contributed by atoms with van der Waals surface area (Å²) in [6, 6.07) is 7.23. The number of aromatic nitrogens is 3. The van der Waals surface area contributed by atoms with E-state index in [2.05, 4.69) is 15.5 Å². The molecule has 1 aromatic heterocycles. The Labute approximate surface area is 120 Å². The van der Waals surface area contributed by atoms with Crippen LogP contribution in [-0.2, 0) is 16.6 Å². The van der Waals surface area contributed by atoms with Gasteiger partial charge in [0.25, 0.3) is 0 Å². The molecular formula is C14H14N4O3. The Morgan fingerprint density at radius 1 is 1.38 bits per heavy atom. The topological polar surface area (TPSA) is 97.1 Å². The highest BCUT2D eigenvalue weighted by atomic mass is 16.4. The third-order valence-electron chi connectivity index (χ3n) is 3.54. The smallest absolute Gasteiger partial charge is 0.307 e. The Bertz CT molecular complexity index is 710. The van der Waals surface area contributed by atoms with Crippen LogP contribution < -0.4 is 5.32 Å². The summed E-state index contributed by atoms with van der Waals surface area (Å²) in [5.74, 6) is -1.45. The van der Waals surface area contributed by atoms with Crippen molar-refractivity contribution in [2.24, 2.45) is 18.9 Å². The Morgan fingerprint density at radius 2 is 2.19 bits per heavy atom. The summed E-state index contributed by atoms with van der Waals surface area (Å²) in [6.45, 7) is 0. The van der Waals surface area contributed by atoms with Gasteiger partial charge in [0.15, 0.2) is 5.82 Å². The summed E-state index contributed by atoms with van der Waals surface area (Å²) in [5, 5.41) is 19.4. The van der Waals surface area contributed by atoms with Crippen molar-refractivity contribution in [3.63, 3.8) is 0 Å². The van der Waals surface area contributed by atoms with Gasteiger partial charge in [0, 0.05) is 18.3 Å². The highest BCUT2D eigenvalue weighted by Crippen LogP contribution is 2.39. The molecule has 21 heavy (non-hydrogen) atoms. The second-order valence-electron chi connectivity index (χ2n) is 5.12. The molecule has 3 rings (SSSR count). The van der Waals surface area contributed by atoms with E-state index in [9.17, 15) is 9.59 Å². The fourth-order valence-corrected chi connectivity index (χ4v) is 2.27. The van der Waals surface area contributed by atoms with E-state index in [-0.39, 0.29) is 5.91 Å². The molecule has 0 spiro atoms. The van der Waals surface area contributed by atoms with E-state index < -0.39 is 17.8 Å². The maximum absolute atomic E-state index is 11.9. The molecule has 1 aliphatic carbocycles. The van der Waals surface area contributed by atoms with Crippen LogP contribution in [0.25, 0.3) is 11.4 Å². The number of aliphatic carboxylic acids is 1. The number of hydrogen-bond acceptors (Lipinski definition) is 4. The molecule has 1 saturated carbocycles. The zero-order chi connectivity index (χ0) is 15.0. The number of carboxylic acids is 1. The molecule has 2 N–H and O–H groups in total. The molecule has 0 radical (unpaired) electrons. The van der Waals surface area contributed by atoms with Crippen LogP contribution in [0, 0.1) is 11.8 Å². The second-order valence-corrected chi connectivity index (χ2v) is 5.12. The van der Waals surface area contributed by atoms with E-state index in [0.29, 0.717) is 17.9 Å². The Balaban J connectivity index is 1.74. The van der Waals surface area contributed by atoms with Gasteiger partial charge in [-0.15, -0.1) is 10.2 Å². The number of aryl methyl sites for hydroxylation is 1. The van der Waals surface area contributed by atoms with E-state index >= 15 is 0 Å². The number of nitrogens with one attached hydrogen (secondary N) is 1. The van der Waals surface area contributed by atoms with Gasteiger partial charge < -0.3 is 15.0 Å². The lowest BCUT2D eigenvalue weighted by molar-refractivity contribution is -0.139. The largest absolute Gasteiger partial charge is 0.481 e. The van der Waals surface area contributed by atoms with Gasteiger partial charge >= 0.3 is 5.97 Å². The maximum atomic E-state index is 11.9. The number of rotatable bonds is 4. The quantitative estimate of drug-likeness (QED) is 0.878. The first-order valence-electron chi connectivity index (χ1n) is 6.54. The molecular weight excluding hydrogens is 272 g/mol. The van der Waals surface area contributed by atoms with Gasteiger partial charge in [0.2, 0.25) is 5.91 Å². The SMILES string of the molecule is Cn1cnnc1-c1cccc(NC(=O)[C@@H]2C[C@@H]2C(=O)O)c1.